The number of thiazole rings is 1. The van der Waals surface area contributed by atoms with Crippen molar-refractivity contribution in [3.63, 3.8) is 0 Å². The first-order valence-corrected chi connectivity index (χ1v) is 8.07. The summed E-state index contributed by atoms with van der Waals surface area (Å²) in [5.41, 5.74) is 2.07. The van der Waals surface area contributed by atoms with E-state index in [4.69, 9.17) is 0 Å². The van der Waals surface area contributed by atoms with Crippen LogP contribution >= 0.6 is 11.3 Å². The van der Waals surface area contributed by atoms with Gasteiger partial charge in [-0.3, -0.25) is 10.1 Å². The van der Waals surface area contributed by atoms with Gasteiger partial charge in [0.15, 0.2) is 5.13 Å². The molecule has 0 N–H and O–H groups in total. The van der Waals surface area contributed by atoms with Gasteiger partial charge in [0.2, 0.25) is 0 Å². The predicted octanol–water partition coefficient (Wildman–Crippen LogP) is 2.56. The molecular weight excluding hydrogens is 314 g/mol. The van der Waals surface area contributed by atoms with Crippen molar-refractivity contribution >= 4 is 27.8 Å². The molecule has 118 valence electrons. The average Bonchev–Trinajstić information content (AvgIpc) is 3.01. The van der Waals surface area contributed by atoms with Crippen molar-refractivity contribution < 1.29 is 4.92 Å². The second-order valence-corrected chi connectivity index (χ2v) is 6.15. The molecule has 0 spiro atoms. The lowest BCUT2D eigenvalue weighted by atomic mass is 10.1. The Balaban J connectivity index is 1.75. The number of non-ortho nitro benzene ring substituents is 1. The smallest absolute Gasteiger partial charge is 0.270 e. The maximum Gasteiger partial charge on any atom is 0.270 e. The molecule has 0 atom stereocenters. The number of nitro groups is 1. The van der Waals surface area contributed by atoms with Crippen LogP contribution in [-0.4, -0.2) is 36.1 Å². The highest BCUT2D eigenvalue weighted by Crippen LogP contribution is 2.27. The largest absolute Gasteiger partial charge is 0.367 e. The number of hydrogen-bond donors (Lipinski definition) is 0. The van der Waals surface area contributed by atoms with E-state index in [1.54, 1.807) is 17.4 Å². The Morgan fingerprint density at radius 2 is 2.00 bits per heavy atom. The van der Waals surface area contributed by atoms with Crippen molar-refractivity contribution in [1.82, 2.24) is 4.98 Å². The van der Waals surface area contributed by atoms with Gasteiger partial charge in [-0.05, 0) is 13.0 Å². The number of aryl methyl sites for hydroxylation is 1. The van der Waals surface area contributed by atoms with Crippen molar-refractivity contribution in [2.75, 3.05) is 36.0 Å². The molecule has 1 aliphatic rings. The van der Waals surface area contributed by atoms with Gasteiger partial charge in [0.1, 0.15) is 6.07 Å². The summed E-state index contributed by atoms with van der Waals surface area (Å²) in [6.45, 7) is 5.12. The zero-order chi connectivity index (χ0) is 16.4. The summed E-state index contributed by atoms with van der Waals surface area (Å²) in [5.74, 6) is 0. The van der Waals surface area contributed by atoms with Gasteiger partial charge in [0, 0.05) is 43.7 Å². The van der Waals surface area contributed by atoms with Crippen LogP contribution in [0.5, 0.6) is 0 Å². The maximum absolute atomic E-state index is 10.8. The molecule has 3 rings (SSSR count). The Morgan fingerprint density at radius 1 is 1.30 bits per heavy atom. The second kappa shape index (κ2) is 6.22. The van der Waals surface area contributed by atoms with E-state index in [1.165, 1.54) is 12.1 Å². The van der Waals surface area contributed by atoms with Gasteiger partial charge in [-0.15, -0.1) is 11.3 Å². The van der Waals surface area contributed by atoms with E-state index in [1.807, 2.05) is 12.3 Å². The average molecular weight is 329 g/mol. The quantitative estimate of drug-likeness (QED) is 0.635. The molecule has 0 bridgehead atoms. The third kappa shape index (κ3) is 3.10. The molecule has 1 aliphatic heterocycles. The predicted molar refractivity (Wildman–Crippen MR) is 89.1 cm³/mol. The summed E-state index contributed by atoms with van der Waals surface area (Å²) < 4.78 is 0. The standard InChI is InChI=1S/C15H15N5O2S/c1-11-10-23-15(17-11)19-6-4-18(5-7-19)14-3-2-13(20(21)22)8-12(14)9-16/h2-3,8,10H,4-7H2,1H3. The Kier molecular flexibility index (Phi) is 4.12. The monoisotopic (exact) mass is 329 g/mol. The number of nitrogens with zero attached hydrogens (tertiary/aromatic N) is 5. The van der Waals surface area contributed by atoms with Gasteiger partial charge in [-0.25, -0.2) is 4.98 Å². The molecule has 1 saturated heterocycles. The summed E-state index contributed by atoms with van der Waals surface area (Å²) in [7, 11) is 0. The van der Waals surface area contributed by atoms with Crippen LogP contribution in [0.15, 0.2) is 23.6 Å². The van der Waals surface area contributed by atoms with Crippen LogP contribution in [0.1, 0.15) is 11.3 Å². The van der Waals surface area contributed by atoms with Crippen LogP contribution in [-0.2, 0) is 0 Å². The van der Waals surface area contributed by atoms with Crippen molar-refractivity contribution in [3.05, 3.63) is 45.0 Å². The van der Waals surface area contributed by atoms with Gasteiger partial charge < -0.3 is 9.80 Å². The fourth-order valence-electron chi connectivity index (χ4n) is 2.63. The number of nitriles is 1. The molecule has 0 radical (unpaired) electrons. The molecule has 2 heterocycles. The summed E-state index contributed by atoms with van der Waals surface area (Å²) in [6.07, 6.45) is 0. The topological polar surface area (TPSA) is 86.3 Å². The molecule has 7 nitrogen and oxygen atoms in total. The molecular formula is C15H15N5O2S. The number of nitro benzene ring substituents is 1. The molecule has 1 aromatic carbocycles. The first-order valence-electron chi connectivity index (χ1n) is 7.19. The molecule has 0 amide bonds. The lowest BCUT2D eigenvalue weighted by molar-refractivity contribution is -0.384. The van der Waals surface area contributed by atoms with E-state index in [9.17, 15) is 15.4 Å². The van der Waals surface area contributed by atoms with Gasteiger partial charge in [-0.2, -0.15) is 5.26 Å². The van der Waals surface area contributed by atoms with Crippen LogP contribution in [0.4, 0.5) is 16.5 Å². The zero-order valence-electron chi connectivity index (χ0n) is 12.6. The van der Waals surface area contributed by atoms with Gasteiger partial charge in [-0.1, -0.05) is 0 Å². The van der Waals surface area contributed by atoms with E-state index >= 15 is 0 Å². The lowest BCUT2D eigenvalue weighted by Gasteiger charge is -2.36. The normalized spacial score (nSPS) is 14.6. The number of benzene rings is 1. The Morgan fingerprint density at radius 3 is 2.57 bits per heavy atom. The Hall–Kier alpha value is -2.66. The third-order valence-corrected chi connectivity index (χ3v) is 4.83. The van der Waals surface area contributed by atoms with E-state index in [-0.39, 0.29) is 5.69 Å². The first kappa shape index (κ1) is 15.2. The molecule has 1 fully saturated rings. The summed E-state index contributed by atoms with van der Waals surface area (Å²) in [5, 5.41) is 23.2. The van der Waals surface area contributed by atoms with E-state index in [0.29, 0.717) is 5.56 Å². The fraction of sp³-hybridized carbons (Fsp3) is 0.333. The number of anilines is 2. The van der Waals surface area contributed by atoms with E-state index in [2.05, 4.69) is 20.9 Å². The Bertz CT molecular complexity index is 774. The van der Waals surface area contributed by atoms with Gasteiger partial charge in [0.25, 0.3) is 5.69 Å². The highest BCUT2D eigenvalue weighted by Gasteiger charge is 2.22. The minimum absolute atomic E-state index is 0.0535. The summed E-state index contributed by atoms with van der Waals surface area (Å²) in [6, 6.07) is 6.52. The highest BCUT2D eigenvalue weighted by atomic mass is 32.1. The summed E-state index contributed by atoms with van der Waals surface area (Å²) in [4.78, 5) is 19.2. The van der Waals surface area contributed by atoms with Crippen LogP contribution in [0.25, 0.3) is 0 Å². The minimum Gasteiger partial charge on any atom is -0.367 e. The van der Waals surface area contributed by atoms with Gasteiger partial charge >= 0.3 is 0 Å². The molecule has 8 heteroatoms. The van der Waals surface area contributed by atoms with Crippen molar-refractivity contribution in [2.24, 2.45) is 0 Å². The second-order valence-electron chi connectivity index (χ2n) is 5.32. The number of hydrogen-bond acceptors (Lipinski definition) is 7. The van der Waals surface area contributed by atoms with E-state index in [0.717, 1.165) is 42.7 Å². The SMILES string of the molecule is Cc1csc(N2CCN(c3ccc([N+](=O)[O-])cc3C#N)CC2)n1. The maximum atomic E-state index is 10.8. The molecule has 0 unspecified atom stereocenters. The summed E-state index contributed by atoms with van der Waals surface area (Å²) >= 11 is 1.63. The van der Waals surface area contributed by atoms with Crippen LogP contribution in [0, 0.1) is 28.4 Å². The fourth-order valence-corrected chi connectivity index (χ4v) is 3.49. The molecule has 1 aromatic heterocycles. The van der Waals surface area contributed by atoms with Crippen molar-refractivity contribution in [2.45, 2.75) is 6.92 Å². The number of rotatable bonds is 3. The third-order valence-electron chi connectivity index (χ3n) is 3.81. The van der Waals surface area contributed by atoms with E-state index < -0.39 is 4.92 Å². The van der Waals surface area contributed by atoms with Crippen LogP contribution < -0.4 is 9.80 Å². The lowest BCUT2D eigenvalue weighted by Crippen LogP contribution is -2.46. The van der Waals surface area contributed by atoms with Crippen molar-refractivity contribution in [1.29, 1.82) is 5.26 Å². The number of aromatic nitrogens is 1. The van der Waals surface area contributed by atoms with Crippen LogP contribution in [0.2, 0.25) is 0 Å². The van der Waals surface area contributed by atoms with Crippen molar-refractivity contribution in [3.8, 4) is 6.07 Å². The molecule has 0 aliphatic carbocycles. The minimum atomic E-state index is -0.479. The van der Waals surface area contributed by atoms with Gasteiger partial charge in [0.05, 0.1) is 21.9 Å². The molecule has 2 aromatic rings. The zero-order valence-corrected chi connectivity index (χ0v) is 13.4. The molecule has 0 saturated carbocycles. The van der Waals surface area contributed by atoms with Crippen LogP contribution in [0.3, 0.4) is 0 Å². The number of piperazine rings is 1. The Labute approximate surface area is 137 Å². The first-order chi connectivity index (χ1) is 11.1. The molecule has 23 heavy (non-hydrogen) atoms. The highest BCUT2D eigenvalue weighted by molar-refractivity contribution is 7.13.